The molecule has 0 bridgehead atoms. The minimum atomic E-state index is 0.643. The second kappa shape index (κ2) is 13.1. The van der Waals surface area contributed by atoms with Crippen LogP contribution >= 0.6 is 11.3 Å². The van der Waals surface area contributed by atoms with Gasteiger partial charge in [-0.15, -0.1) is 11.3 Å². The van der Waals surface area contributed by atoms with Crippen LogP contribution in [0.4, 0.5) is 0 Å². The molecule has 0 unspecified atom stereocenters. The van der Waals surface area contributed by atoms with Crippen LogP contribution in [0.2, 0.25) is 0 Å². The van der Waals surface area contributed by atoms with Gasteiger partial charge in [0.05, 0.1) is 0 Å². The summed E-state index contributed by atoms with van der Waals surface area (Å²) < 4.78 is 2.57. The zero-order valence-electron chi connectivity index (χ0n) is 28.6. The van der Waals surface area contributed by atoms with E-state index >= 15 is 0 Å². The van der Waals surface area contributed by atoms with Crippen LogP contribution in [0.3, 0.4) is 0 Å². The molecule has 4 heteroatoms. The molecule has 2 aromatic heterocycles. The van der Waals surface area contributed by atoms with Gasteiger partial charge in [-0.1, -0.05) is 164 Å². The summed E-state index contributed by atoms with van der Waals surface area (Å²) >= 11 is 1.85. The molecule has 0 spiro atoms. The highest BCUT2D eigenvalue weighted by molar-refractivity contribution is 7.26. The van der Waals surface area contributed by atoms with Crippen LogP contribution in [0.5, 0.6) is 0 Å². The van der Waals surface area contributed by atoms with Crippen LogP contribution < -0.4 is 0 Å². The molecule has 0 saturated heterocycles. The Morgan fingerprint density at radius 3 is 1.60 bits per heavy atom. The van der Waals surface area contributed by atoms with Crippen molar-refractivity contribution >= 4 is 42.3 Å². The third-order valence-corrected chi connectivity index (χ3v) is 11.0. The smallest absolute Gasteiger partial charge is 0.164 e. The minimum absolute atomic E-state index is 0.643. The lowest BCUT2D eigenvalue weighted by Crippen LogP contribution is -2.00. The molecule has 2 heterocycles. The summed E-state index contributed by atoms with van der Waals surface area (Å²) in [6.45, 7) is 0. The van der Waals surface area contributed by atoms with Crippen LogP contribution in [-0.4, -0.2) is 15.0 Å². The summed E-state index contributed by atoms with van der Waals surface area (Å²) in [7, 11) is 0. The Balaban J connectivity index is 1.03. The molecule has 10 rings (SSSR count). The molecule has 0 N–H and O–H groups in total. The lowest BCUT2D eigenvalue weighted by atomic mass is 9.97. The molecule has 3 nitrogen and oxygen atoms in total. The molecule has 0 saturated carbocycles. The first-order chi connectivity index (χ1) is 26.2. The first-order valence-corrected chi connectivity index (χ1v) is 18.6. The van der Waals surface area contributed by atoms with Gasteiger partial charge in [-0.05, 0) is 68.4 Å². The molecule has 0 aliphatic carbocycles. The number of aromatic nitrogens is 3. The van der Waals surface area contributed by atoms with Crippen molar-refractivity contribution in [1.29, 1.82) is 0 Å². The van der Waals surface area contributed by atoms with Gasteiger partial charge in [0.1, 0.15) is 0 Å². The number of hydrogen-bond donors (Lipinski definition) is 0. The number of nitrogens with zero attached hydrogens (tertiary/aromatic N) is 3. The standard InChI is InChI=1S/C49H31N3S/c1-3-12-34(13-4-1)42-19-10-20-44-46(42)43-28-27-40(31-45(43)53-44)38-17-9-18-41(30-38)49-51-47(35-14-5-2-6-15-35)50-48(52-49)36-24-21-33(22-25-36)39-26-23-32-11-7-8-16-37(32)29-39/h1-31H. The Labute approximate surface area is 311 Å². The van der Waals surface area contributed by atoms with Gasteiger partial charge >= 0.3 is 0 Å². The quantitative estimate of drug-likeness (QED) is 0.174. The monoisotopic (exact) mass is 693 g/mol. The van der Waals surface area contributed by atoms with Crippen molar-refractivity contribution in [2.75, 3.05) is 0 Å². The van der Waals surface area contributed by atoms with Crippen molar-refractivity contribution < 1.29 is 0 Å². The molecule has 0 fully saturated rings. The van der Waals surface area contributed by atoms with Gasteiger partial charge in [0.2, 0.25) is 0 Å². The second-order valence-electron chi connectivity index (χ2n) is 13.3. The Kier molecular flexibility index (Phi) is 7.67. The number of benzene rings is 8. The van der Waals surface area contributed by atoms with Gasteiger partial charge in [0.25, 0.3) is 0 Å². The average Bonchev–Trinajstić information content (AvgIpc) is 3.62. The predicted molar refractivity (Wildman–Crippen MR) is 223 cm³/mol. The zero-order valence-corrected chi connectivity index (χ0v) is 29.5. The fourth-order valence-corrected chi connectivity index (χ4v) is 8.40. The molecule has 0 radical (unpaired) electrons. The Morgan fingerprint density at radius 2 is 0.830 bits per heavy atom. The highest BCUT2D eigenvalue weighted by Crippen LogP contribution is 2.41. The first kappa shape index (κ1) is 31.0. The van der Waals surface area contributed by atoms with E-state index in [4.69, 9.17) is 15.0 Å². The van der Waals surface area contributed by atoms with Crippen molar-refractivity contribution in [3.63, 3.8) is 0 Å². The molecule has 0 aliphatic heterocycles. The molecule has 248 valence electrons. The Morgan fingerprint density at radius 1 is 0.302 bits per heavy atom. The highest BCUT2D eigenvalue weighted by Gasteiger charge is 2.15. The number of fused-ring (bicyclic) bond motifs is 4. The van der Waals surface area contributed by atoms with E-state index in [1.807, 2.05) is 41.7 Å². The molecule has 53 heavy (non-hydrogen) atoms. The van der Waals surface area contributed by atoms with E-state index in [-0.39, 0.29) is 0 Å². The second-order valence-corrected chi connectivity index (χ2v) is 14.3. The number of rotatable bonds is 6. The van der Waals surface area contributed by atoms with Crippen LogP contribution in [0.1, 0.15) is 0 Å². The summed E-state index contributed by atoms with van der Waals surface area (Å²) in [5.74, 6) is 1.94. The fraction of sp³-hybridized carbons (Fsp3) is 0. The van der Waals surface area contributed by atoms with Crippen molar-refractivity contribution in [1.82, 2.24) is 15.0 Å². The van der Waals surface area contributed by atoms with Crippen LogP contribution in [0.15, 0.2) is 188 Å². The minimum Gasteiger partial charge on any atom is -0.208 e. The summed E-state index contributed by atoms with van der Waals surface area (Å²) in [6, 6.07) is 66.4. The van der Waals surface area contributed by atoms with Crippen molar-refractivity contribution in [3.05, 3.63) is 188 Å². The van der Waals surface area contributed by atoms with E-state index < -0.39 is 0 Å². The van der Waals surface area contributed by atoms with Crippen molar-refractivity contribution in [2.45, 2.75) is 0 Å². The maximum atomic E-state index is 5.07. The van der Waals surface area contributed by atoms with E-state index in [2.05, 4.69) is 158 Å². The summed E-state index contributed by atoms with van der Waals surface area (Å²) in [6.07, 6.45) is 0. The average molecular weight is 694 g/mol. The van der Waals surface area contributed by atoms with Gasteiger partial charge in [-0.2, -0.15) is 0 Å². The Hall–Kier alpha value is -6.75. The summed E-state index contributed by atoms with van der Waals surface area (Å²) in [4.78, 5) is 15.1. The van der Waals surface area contributed by atoms with Gasteiger partial charge in [-0.3, -0.25) is 0 Å². The summed E-state index contributed by atoms with van der Waals surface area (Å²) in [5, 5.41) is 5.06. The maximum Gasteiger partial charge on any atom is 0.164 e. The SMILES string of the molecule is c1ccc(-c2nc(-c3ccc(-c4ccc5ccccc5c4)cc3)nc(-c3cccc(-c4ccc5c(c4)sc4cccc(-c6ccccc6)c45)c3)n2)cc1. The maximum absolute atomic E-state index is 5.07. The van der Waals surface area contributed by atoms with E-state index in [9.17, 15) is 0 Å². The summed E-state index contributed by atoms with van der Waals surface area (Å²) in [5.41, 5.74) is 9.95. The van der Waals surface area contributed by atoms with Crippen LogP contribution in [0, 0.1) is 0 Å². The van der Waals surface area contributed by atoms with Crippen LogP contribution in [0.25, 0.3) is 98.5 Å². The number of thiophene rings is 1. The van der Waals surface area contributed by atoms with Crippen molar-refractivity contribution in [2.24, 2.45) is 0 Å². The van der Waals surface area contributed by atoms with E-state index in [0.29, 0.717) is 17.5 Å². The molecule has 0 aliphatic rings. The molecule has 8 aromatic carbocycles. The lowest BCUT2D eigenvalue weighted by molar-refractivity contribution is 1.07. The molecule has 10 aromatic rings. The van der Waals surface area contributed by atoms with E-state index in [0.717, 1.165) is 33.4 Å². The predicted octanol–water partition coefficient (Wildman–Crippen LogP) is 13.4. The zero-order chi connectivity index (χ0) is 35.1. The van der Waals surface area contributed by atoms with E-state index in [1.54, 1.807) is 0 Å². The van der Waals surface area contributed by atoms with Gasteiger partial charge < -0.3 is 0 Å². The van der Waals surface area contributed by atoms with Crippen LogP contribution in [-0.2, 0) is 0 Å². The van der Waals surface area contributed by atoms with Gasteiger partial charge in [0.15, 0.2) is 17.5 Å². The van der Waals surface area contributed by atoms with Gasteiger partial charge in [0, 0.05) is 36.9 Å². The molecule has 0 atom stereocenters. The highest BCUT2D eigenvalue weighted by atomic mass is 32.1. The third kappa shape index (κ3) is 5.85. The normalized spacial score (nSPS) is 11.4. The molecular weight excluding hydrogens is 663 g/mol. The molecule has 0 amide bonds. The molecular formula is C49H31N3S. The van der Waals surface area contributed by atoms with Gasteiger partial charge in [-0.25, -0.2) is 15.0 Å². The third-order valence-electron chi connectivity index (χ3n) is 9.93. The number of hydrogen-bond acceptors (Lipinski definition) is 4. The topological polar surface area (TPSA) is 38.7 Å². The van der Waals surface area contributed by atoms with Crippen molar-refractivity contribution in [3.8, 4) is 67.5 Å². The lowest BCUT2D eigenvalue weighted by Gasteiger charge is -2.10. The largest absolute Gasteiger partial charge is 0.208 e. The Bertz CT molecular complexity index is 2930. The van der Waals surface area contributed by atoms with E-state index in [1.165, 1.54) is 47.6 Å². The fourth-order valence-electron chi connectivity index (χ4n) is 7.23. The first-order valence-electron chi connectivity index (χ1n) is 17.8.